The van der Waals surface area contributed by atoms with Gasteiger partial charge in [0.2, 0.25) is 0 Å². The summed E-state index contributed by atoms with van der Waals surface area (Å²) in [5.41, 5.74) is 5.68. The van der Waals surface area contributed by atoms with Gasteiger partial charge in [-0.25, -0.2) is 0 Å². The molecule has 142 valence electrons. The van der Waals surface area contributed by atoms with Gasteiger partial charge >= 0.3 is 0 Å². The fourth-order valence-electron chi connectivity index (χ4n) is 3.22. The Hall–Kier alpha value is -2.88. The summed E-state index contributed by atoms with van der Waals surface area (Å²) in [5.74, 6) is 0.866. The summed E-state index contributed by atoms with van der Waals surface area (Å²) in [6.07, 6.45) is 0. The maximum absolute atomic E-state index is 5.86. The second kappa shape index (κ2) is 9.55. The molecule has 4 rings (SSSR count). The molecule has 0 bridgehead atoms. The molecule has 0 aliphatic carbocycles. The predicted molar refractivity (Wildman–Crippen MR) is 131 cm³/mol. The minimum Gasteiger partial charge on any atom is -0.310 e. The van der Waals surface area contributed by atoms with Crippen molar-refractivity contribution in [1.29, 1.82) is 0 Å². The summed E-state index contributed by atoms with van der Waals surface area (Å²) in [6, 6.07) is 39.7. The Balaban J connectivity index is 1.70. The molecule has 4 aromatic rings. The van der Waals surface area contributed by atoms with E-state index < -0.39 is 0 Å². The maximum atomic E-state index is 5.86. The van der Waals surface area contributed by atoms with Gasteiger partial charge in [-0.05, 0) is 35.9 Å². The van der Waals surface area contributed by atoms with Crippen LogP contribution in [-0.2, 0) is 5.75 Å². The number of hydrogen-bond acceptors (Lipinski definition) is 3. The molecule has 0 saturated heterocycles. The number of rotatable bonds is 6. The van der Waals surface area contributed by atoms with Crippen molar-refractivity contribution >= 4 is 45.2 Å². The fraction of sp³-hybridized carbons (Fsp3) is 0.0385. The smallest absolute Gasteiger partial charge is 0.0802 e. The van der Waals surface area contributed by atoms with E-state index in [1.54, 1.807) is 11.8 Å². The van der Waals surface area contributed by atoms with Gasteiger partial charge in [0.25, 0.3) is 0 Å². The molecule has 0 atom stereocenters. The molecular formula is C26H21NS2. The number of para-hydroxylation sites is 3. The van der Waals surface area contributed by atoms with Crippen LogP contribution >= 0.6 is 24.0 Å². The van der Waals surface area contributed by atoms with Gasteiger partial charge in [-0.3, -0.25) is 0 Å². The van der Waals surface area contributed by atoms with Crippen LogP contribution in [0.5, 0.6) is 0 Å². The van der Waals surface area contributed by atoms with Crippen molar-refractivity contribution in [2.75, 3.05) is 4.90 Å². The van der Waals surface area contributed by atoms with Crippen LogP contribution in [0.3, 0.4) is 0 Å². The topological polar surface area (TPSA) is 3.24 Å². The molecule has 0 radical (unpaired) electrons. The minimum atomic E-state index is 0.866. The van der Waals surface area contributed by atoms with E-state index in [4.69, 9.17) is 12.2 Å². The third-order valence-electron chi connectivity index (χ3n) is 4.61. The maximum Gasteiger partial charge on any atom is 0.0802 e. The first kappa shape index (κ1) is 19.4. The first-order valence-electron chi connectivity index (χ1n) is 9.53. The Morgan fingerprint density at radius 1 is 0.621 bits per heavy atom. The van der Waals surface area contributed by atoms with Gasteiger partial charge in [0, 0.05) is 22.7 Å². The lowest BCUT2D eigenvalue weighted by atomic mass is 10.1. The molecule has 4 aromatic carbocycles. The van der Waals surface area contributed by atoms with Crippen LogP contribution < -0.4 is 4.90 Å². The summed E-state index contributed by atoms with van der Waals surface area (Å²) in [4.78, 5) is 2.27. The lowest BCUT2D eigenvalue weighted by molar-refractivity contribution is 1.28. The number of anilines is 3. The molecule has 1 nitrogen and oxygen atoms in total. The molecule has 0 N–H and O–H groups in total. The van der Waals surface area contributed by atoms with E-state index in [-0.39, 0.29) is 0 Å². The lowest BCUT2D eigenvalue weighted by Gasteiger charge is -2.27. The third kappa shape index (κ3) is 4.76. The van der Waals surface area contributed by atoms with E-state index in [2.05, 4.69) is 102 Å². The van der Waals surface area contributed by atoms with Gasteiger partial charge in [0.15, 0.2) is 0 Å². The molecule has 0 aliphatic heterocycles. The summed E-state index contributed by atoms with van der Waals surface area (Å²) in [7, 11) is 0. The Morgan fingerprint density at radius 3 is 1.69 bits per heavy atom. The minimum absolute atomic E-state index is 0.866. The van der Waals surface area contributed by atoms with Gasteiger partial charge in [-0.1, -0.05) is 97.1 Å². The van der Waals surface area contributed by atoms with Crippen LogP contribution in [0.2, 0.25) is 0 Å². The van der Waals surface area contributed by atoms with Crippen LogP contribution in [-0.4, -0.2) is 4.20 Å². The predicted octanol–water partition coefficient (Wildman–Crippen LogP) is 7.77. The Morgan fingerprint density at radius 2 is 1.10 bits per heavy atom. The van der Waals surface area contributed by atoms with Crippen LogP contribution in [0.25, 0.3) is 0 Å². The molecule has 0 amide bonds. The SMILES string of the molecule is S=C(SCc1ccccc1)c1ccccc1N(c1ccccc1)c1ccccc1. The van der Waals surface area contributed by atoms with Crippen molar-refractivity contribution in [3.05, 3.63) is 126 Å². The zero-order valence-corrected chi connectivity index (χ0v) is 17.6. The highest BCUT2D eigenvalue weighted by Crippen LogP contribution is 2.38. The van der Waals surface area contributed by atoms with Crippen molar-refractivity contribution in [3.8, 4) is 0 Å². The Kier molecular flexibility index (Phi) is 6.40. The number of hydrogen-bond donors (Lipinski definition) is 0. The highest BCUT2D eigenvalue weighted by Gasteiger charge is 2.17. The number of benzene rings is 4. The van der Waals surface area contributed by atoms with Gasteiger partial charge in [0.05, 0.1) is 9.88 Å². The molecule has 0 fully saturated rings. The Labute approximate surface area is 182 Å². The third-order valence-corrected chi connectivity index (χ3v) is 6.14. The van der Waals surface area contributed by atoms with E-state index in [0.29, 0.717) is 0 Å². The highest BCUT2D eigenvalue weighted by atomic mass is 32.2. The van der Waals surface area contributed by atoms with Gasteiger partial charge < -0.3 is 4.90 Å². The number of nitrogens with zero attached hydrogens (tertiary/aromatic N) is 1. The van der Waals surface area contributed by atoms with E-state index in [1.165, 1.54) is 5.56 Å². The van der Waals surface area contributed by atoms with Crippen molar-refractivity contribution in [2.24, 2.45) is 0 Å². The van der Waals surface area contributed by atoms with E-state index in [9.17, 15) is 0 Å². The van der Waals surface area contributed by atoms with Crippen LogP contribution in [0.4, 0.5) is 17.1 Å². The average molecular weight is 412 g/mol. The van der Waals surface area contributed by atoms with E-state index >= 15 is 0 Å². The quantitative estimate of drug-likeness (QED) is 0.298. The normalized spacial score (nSPS) is 10.5. The van der Waals surface area contributed by atoms with Crippen LogP contribution in [0.1, 0.15) is 11.1 Å². The lowest BCUT2D eigenvalue weighted by Crippen LogP contribution is -2.13. The monoisotopic (exact) mass is 411 g/mol. The molecule has 0 aromatic heterocycles. The average Bonchev–Trinajstić information content (AvgIpc) is 2.80. The second-order valence-electron chi connectivity index (χ2n) is 6.59. The molecule has 0 unspecified atom stereocenters. The zero-order chi connectivity index (χ0) is 19.9. The zero-order valence-electron chi connectivity index (χ0n) is 15.9. The summed E-state index contributed by atoms with van der Waals surface area (Å²) < 4.78 is 0.904. The molecule has 0 spiro atoms. The summed E-state index contributed by atoms with van der Waals surface area (Å²) in [5, 5.41) is 0. The van der Waals surface area contributed by atoms with Crippen molar-refractivity contribution < 1.29 is 0 Å². The van der Waals surface area contributed by atoms with Crippen molar-refractivity contribution in [2.45, 2.75) is 5.75 Å². The number of thiocarbonyl (C=S) groups is 1. The van der Waals surface area contributed by atoms with Crippen molar-refractivity contribution in [1.82, 2.24) is 0 Å². The first-order chi connectivity index (χ1) is 14.3. The van der Waals surface area contributed by atoms with E-state index in [0.717, 1.165) is 32.6 Å². The largest absolute Gasteiger partial charge is 0.310 e. The summed E-state index contributed by atoms with van der Waals surface area (Å²) in [6.45, 7) is 0. The highest BCUT2D eigenvalue weighted by molar-refractivity contribution is 8.23. The molecule has 3 heteroatoms. The van der Waals surface area contributed by atoms with Crippen molar-refractivity contribution in [3.63, 3.8) is 0 Å². The molecule has 29 heavy (non-hydrogen) atoms. The first-order valence-corrected chi connectivity index (χ1v) is 10.9. The van der Waals surface area contributed by atoms with E-state index in [1.807, 2.05) is 18.2 Å². The van der Waals surface area contributed by atoms with Crippen LogP contribution in [0, 0.1) is 0 Å². The number of thioether (sulfide) groups is 1. The Bertz CT molecular complexity index is 1020. The molecule has 0 aliphatic rings. The summed E-state index contributed by atoms with van der Waals surface area (Å²) >= 11 is 7.57. The van der Waals surface area contributed by atoms with Gasteiger partial charge in [-0.2, -0.15) is 0 Å². The van der Waals surface area contributed by atoms with Crippen LogP contribution in [0.15, 0.2) is 115 Å². The second-order valence-corrected chi connectivity index (χ2v) is 8.24. The fourth-order valence-corrected chi connectivity index (χ4v) is 4.39. The molecule has 0 saturated carbocycles. The molecule has 0 heterocycles. The standard InChI is InChI=1S/C26H21NS2/c28-26(29-20-21-12-4-1-5-13-21)24-18-10-11-19-25(24)27(22-14-6-2-7-15-22)23-16-8-3-9-17-23/h1-19H,20H2. The van der Waals surface area contributed by atoms with Gasteiger partial charge in [0.1, 0.15) is 0 Å². The van der Waals surface area contributed by atoms with Gasteiger partial charge in [-0.15, -0.1) is 11.8 Å². The molecular weight excluding hydrogens is 390 g/mol.